The average Bonchev–Trinajstić information content (AvgIpc) is 2.95. The van der Waals surface area contributed by atoms with Crippen molar-refractivity contribution >= 4 is 5.91 Å². The summed E-state index contributed by atoms with van der Waals surface area (Å²) in [5, 5.41) is 6.73. The molecule has 0 aromatic rings. The molecule has 2 N–H and O–H groups in total. The van der Waals surface area contributed by atoms with Crippen LogP contribution in [0.2, 0.25) is 0 Å². The van der Waals surface area contributed by atoms with E-state index < -0.39 is 0 Å². The van der Waals surface area contributed by atoms with E-state index in [1.54, 1.807) is 7.11 Å². The van der Waals surface area contributed by atoms with Crippen molar-refractivity contribution in [2.75, 3.05) is 33.4 Å². The van der Waals surface area contributed by atoms with Gasteiger partial charge in [-0.2, -0.15) is 0 Å². The molecule has 0 unspecified atom stereocenters. The van der Waals surface area contributed by atoms with Gasteiger partial charge in [0, 0.05) is 24.5 Å². The summed E-state index contributed by atoms with van der Waals surface area (Å²) in [5.41, 5.74) is 0.0165. The Kier molecular flexibility index (Phi) is 6.27. The van der Waals surface area contributed by atoms with Crippen molar-refractivity contribution < 1.29 is 9.53 Å². The Bertz CT molecular complexity index is 351. The van der Waals surface area contributed by atoms with E-state index in [0.29, 0.717) is 11.8 Å². The lowest BCUT2D eigenvalue weighted by molar-refractivity contribution is -0.132. The van der Waals surface area contributed by atoms with Gasteiger partial charge in [0.1, 0.15) is 0 Å². The monoisotopic (exact) mass is 310 g/mol. The first-order valence-corrected chi connectivity index (χ1v) is 9.00. The smallest absolute Gasteiger partial charge is 0.226 e. The number of nitrogens with one attached hydrogen (secondary N) is 2. The Labute approximate surface area is 135 Å². The molecule has 1 heterocycles. The Morgan fingerprint density at radius 2 is 1.82 bits per heavy atom. The maximum Gasteiger partial charge on any atom is 0.226 e. The Balaban J connectivity index is 1.97. The molecule has 4 nitrogen and oxygen atoms in total. The van der Waals surface area contributed by atoms with Crippen LogP contribution < -0.4 is 10.6 Å². The lowest BCUT2D eigenvalue weighted by Gasteiger charge is -2.38. The van der Waals surface area contributed by atoms with Crippen LogP contribution in [-0.4, -0.2) is 39.3 Å². The topological polar surface area (TPSA) is 50.4 Å². The second-order valence-electron chi connectivity index (χ2n) is 7.95. The lowest BCUT2D eigenvalue weighted by atomic mass is 9.76. The number of amides is 1. The van der Waals surface area contributed by atoms with Gasteiger partial charge in [-0.25, -0.2) is 0 Å². The number of carbonyl (C=O) groups excluding carboxylic acids is 1. The fourth-order valence-electron chi connectivity index (χ4n) is 4.45. The zero-order chi connectivity index (χ0) is 16.1. The molecule has 1 aliphatic heterocycles. The van der Waals surface area contributed by atoms with E-state index in [4.69, 9.17) is 4.74 Å². The lowest BCUT2D eigenvalue weighted by Crippen LogP contribution is -2.50. The molecule has 1 saturated carbocycles. The second kappa shape index (κ2) is 7.78. The van der Waals surface area contributed by atoms with Crippen LogP contribution >= 0.6 is 0 Å². The number of piperidine rings is 1. The minimum absolute atomic E-state index is 0.102. The summed E-state index contributed by atoms with van der Waals surface area (Å²) in [7, 11) is 1.77. The van der Waals surface area contributed by atoms with E-state index >= 15 is 0 Å². The largest absolute Gasteiger partial charge is 0.384 e. The van der Waals surface area contributed by atoms with Gasteiger partial charge in [0.2, 0.25) is 5.91 Å². The fourth-order valence-corrected chi connectivity index (χ4v) is 4.45. The zero-order valence-electron chi connectivity index (χ0n) is 14.7. The van der Waals surface area contributed by atoms with Gasteiger partial charge in [0.15, 0.2) is 0 Å². The molecule has 0 bridgehead atoms. The van der Waals surface area contributed by atoms with Gasteiger partial charge in [-0.1, -0.05) is 26.7 Å². The van der Waals surface area contributed by atoms with Gasteiger partial charge in [-0.05, 0) is 51.1 Å². The van der Waals surface area contributed by atoms with Crippen LogP contribution in [0.5, 0.6) is 0 Å². The van der Waals surface area contributed by atoms with Crippen molar-refractivity contribution in [1.29, 1.82) is 0 Å². The first-order chi connectivity index (χ1) is 10.5. The summed E-state index contributed by atoms with van der Waals surface area (Å²) >= 11 is 0. The van der Waals surface area contributed by atoms with Crippen LogP contribution in [0.25, 0.3) is 0 Å². The Hall–Kier alpha value is -0.610. The van der Waals surface area contributed by atoms with E-state index in [9.17, 15) is 4.79 Å². The van der Waals surface area contributed by atoms with Gasteiger partial charge in [-0.15, -0.1) is 0 Å². The molecular formula is C18H34N2O2. The van der Waals surface area contributed by atoms with E-state index in [0.717, 1.165) is 58.3 Å². The highest BCUT2D eigenvalue weighted by molar-refractivity contribution is 5.83. The van der Waals surface area contributed by atoms with E-state index in [1.807, 2.05) is 0 Å². The summed E-state index contributed by atoms with van der Waals surface area (Å²) in [4.78, 5) is 12.9. The predicted molar refractivity (Wildman–Crippen MR) is 89.8 cm³/mol. The molecule has 2 rings (SSSR count). The van der Waals surface area contributed by atoms with Crippen LogP contribution in [0.15, 0.2) is 0 Å². The molecular weight excluding hydrogens is 276 g/mol. The molecule has 4 heteroatoms. The maximum atomic E-state index is 12.9. The van der Waals surface area contributed by atoms with E-state index in [1.165, 1.54) is 12.8 Å². The van der Waals surface area contributed by atoms with Crippen molar-refractivity contribution in [1.82, 2.24) is 10.6 Å². The molecule has 1 saturated heterocycles. The minimum Gasteiger partial charge on any atom is -0.384 e. The van der Waals surface area contributed by atoms with Crippen molar-refractivity contribution in [2.45, 2.75) is 58.8 Å². The normalized spacial score (nSPS) is 23.6. The maximum absolute atomic E-state index is 12.9. The Morgan fingerprint density at radius 1 is 1.18 bits per heavy atom. The van der Waals surface area contributed by atoms with Crippen molar-refractivity contribution in [3.05, 3.63) is 0 Å². The number of rotatable bonds is 7. The van der Waals surface area contributed by atoms with Crippen LogP contribution in [0.3, 0.4) is 0 Å². The van der Waals surface area contributed by atoms with Crippen molar-refractivity contribution in [2.24, 2.45) is 16.7 Å². The Morgan fingerprint density at radius 3 is 2.36 bits per heavy atom. The van der Waals surface area contributed by atoms with Crippen LogP contribution in [-0.2, 0) is 9.53 Å². The fraction of sp³-hybridized carbons (Fsp3) is 0.944. The molecule has 0 atom stereocenters. The highest BCUT2D eigenvalue weighted by atomic mass is 16.5. The van der Waals surface area contributed by atoms with E-state index in [2.05, 4.69) is 24.5 Å². The molecule has 0 spiro atoms. The highest BCUT2D eigenvalue weighted by Crippen LogP contribution is 2.43. The third-order valence-corrected chi connectivity index (χ3v) is 5.58. The third-order valence-electron chi connectivity index (χ3n) is 5.58. The van der Waals surface area contributed by atoms with Crippen molar-refractivity contribution in [3.8, 4) is 0 Å². The number of carbonyl (C=O) groups is 1. The SMILES string of the molecule is COCC1(CNC(=O)C2(CC(C)C)CCCC2)CCNCC1. The molecule has 0 aromatic heterocycles. The average molecular weight is 310 g/mol. The number of ether oxygens (including phenoxy) is 1. The predicted octanol–water partition coefficient (Wildman–Crippen LogP) is 2.73. The molecule has 0 radical (unpaired) electrons. The van der Waals surface area contributed by atoms with E-state index in [-0.39, 0.29) is 10.8 Å². The minimum atomic E-state index is -0.102. The molecule has 1 amide bonds. The summed E-state index contributed by atoms with van der Waals surface area (Å²) in [6, 6.07) is 0. The summed E-state index contributed by atoms with van der Waals surface area (Å²) in [6.45, 7) is 8.01. The van der Waals surface area contributed by atoms with Gasteiger partial charge in [0.05, 0.1) is 6.61 Å². The van der Waals surface area contributed by atoms with Crippen molar-refractivity contribution in [3.63, 3.8) is 0 Å². The second-order valence-corrected chi connectivity index (χ2v) is 7.95. The highest BCUT2D eigenvalue weighted by Gasteiger charge is 2.42. The van der Waals surface area contributed by atoms with Gasteiger partial charge >= 0.3 is 0 Å². The molecule has 22 heavy (non-hydrogen) atoms. The zero-order valence-corrected chi connectivity index (χ0v) is 14.7. The molecule has 1 aliphatic carbocycles. The van der Waals surface area contributed by atoms with Gasteiger partial charge in [0.25, 0.3) is 0 Å². The molecule has 2 fully saturated rings. The number of hydrogen-bond acceptors (Lipinski definition) is 3. The van der Waals surface area contributed by atoms with Crippen LogP contribution in [0.1, 0.15) is 58.8 Å². The van der Waals surface area contributed by atoms with Crippen LogP contribution in [0.4, 0.5) is 0 Å². The number of methoxy groups -OCH3 is 1. The summed E-state index contributed by atoms with van der Waals surface area (Å²) in [5.74, 6) is 0.878. The standard InChI is InChI=1S/C18H34N2O2/c1-15(2)12-18(6-4-5-7-18)16(21)20-13-17(14-22-3)8-10-19-11-9-17/h15,19H,4-14H2,1-3H3,(H,20,21). The summed E-state index contributed by atoms with van der Waals surface area (Å²) in [6.07, 6.45) is 7.72. The van der Waals surface area contributed by atoms with Gasteiger partial charge in [-0.3, -0.25) is 4.79 Å². The first kappa shape index (κ1) is 17.7. The molecule has 128 valence electrons. The summed E-state index contributed by atoms with van der Waals surface area (Å²) < 4.78 is 5.45. The first-order valence-electron chi connectivity index (χ1n) is 9.00. The quantitative estimate of drug-likeness (QED) is 0.760. The van der Waals surface area contributed by atoms with Crippen LogP contribution in [0, 0.1) is 16.7 Å². The molecule has 2 aliphatic rings. The van der Waals surface area contributed by atoms with Gasteiger partial charge < -0.3 is 15.4 Å². The number of hydrogen-bond donors (Lipinski definition) is 2. The third kappa shape index (κ3) is 4.23. The molecule has 0 aromatic carbocycles.